The van der Waals surface area contributed by atoms with Crippen molar-refractivity contribution in [1.29, 1.82) is 0 Å². The third kappa shape index (κ3) is 5.04. The van der Waals surface area contributed by atoms with Crippen molar-refractivity contribution >= 4 is 5.91 Å². The molecule has 17 heavy (non-hydrogen) atoms. The third-order valence-corrected chi connectivity index (χ3v) is 3.53. The van der Waals surface area contributed by atoms with Crippen molar-refractivity contribution in [3.05, 3.63) is 0 Å². The van der Waals surface area contributed by atoms with Gasteiger partial charge in [-0.1, -0.05) is 26.7 Å². The monoisotopic (exact) mass is 242 g/mol. The maximum absolute atomic E-state index is 11.6. The van der Waals surface area contributed by atoms with E-state index in [1.54, 1.807) is 0 Å². The summed E-state index contributed by atoms with van der Waals surface area (Å²) in [6.45, 7) is 5.47. The minimum Gasteiger partial charge on any atom is -0.394 e. The summed E-state index contributed by atoms with van der Waals surface area (Å²) in [6.07, 6.45) is 5.24. The highest BCUT2D eigenvalue weighted by molar-refractivity contribution is 5.78. The lowest BCUT2D eigenvalue weighted by atomic mass is 9.99. The zero-order valence-corrected chi connectivity index (χ0v) is 11.1. The van der Waals surface area contributed by atoms with Crippen LogP contribution >= 0.6 is 0 Å². The van der Waals surface area contributed by atoms with Crippen LogP contribution in [0.25, 0.3) is 0 Å². The van der Waals surface area contributed by atoms with E-state index in [0.29, 0.717) is 12.5 Å². The molecular weight excluding hydrogens is 216 g/mol. The minimum absolute atomic E-state index is 0.0328. The van der Waals surface area contributed by atoms with Crippen LogP contribution in [0.15, 0.2) is 0 Å². The maximum atomic E-state index is 11.6. The van der Waals surface area contributed by atoms with Gasteiger partial charge in [0.2, 0.25) is 5.91 Å². The zero-order chi connectivity index (χ0) is 12.7. The third-order valence-electron chi connectivity index (χ3n) is 3.53. The van der Waals surface area contributed by atoms with E-state index in [0.717, 1.165) is 38.6 Å². The van der Waals surface area contributed by atoms with Crippen LogP contribution in [-0.4, -0.2) is 36.2 Å². The molecule has 4 nitrogen and oxygen atoms in total. The molecule has 1 aliphatic rings. The second-order valence-electron chi connectivity index (χ2n) is 5.53. The summed E-state index contributed by atoms with van der Waals surface area (Å²) < 4.78 is 0. The van der Waals surface area contributed by atoms with Crippen molar-refractivity contribution in [2.24, 2.45) is 5.92 Å². The Bertz CT molecular complexity index is 236. The normalized spacial score (nSPS) is 18.6. The van der Waals surface area contributed by atoms with E-state index < -0.39 is 0 Å². The summed E-state index contributed by atoms with van der Waals surface area (Å²) >= 11 is 0. The highest BCUT2D eigenvalue weighted by Crippen LogP contribution is 2.28. The van der Waals surface area contributed by atoms with Crippen LogP contribution in [0.2, 0.25) is 0 Å². The largest absolute Gasteiger partial charge is 0.394 e. The van der Waals surface area contributed by atoms with E-state index in [-0.39, 0.29) is 18.1 Å². The Hall–Kier alpha value is -0.610. The first-order valence-electron chi connectivity index (χ1n) is 6.70. The fraction of sp³-hybridized carbons (Fsp3) is 0.923. The average molecular weight is 242 g/mol. The molecule has 0 bridgehead atoms. The number of hydrogen-bond acceptors (Lipinski definition) is 3. The van der Waals surface area contributed by atoms with Gasteiger partial charge in [-0.05, 0) is 25.2 Å². The summed E-state index contributed by atoms with van der Waals surface area (Å²) in [5.41, 5.74) is -0.199. The molecule has 1 aliphatic carbocycles. The molecule has 0 aromatic rings. The van der Waals surface area contributed by atoms with Crippen molar-refractivity contribution < 1.29 is 9.90 Å². The average Bonchev–Trinajstić information content (AvgIpc) is 2.75. The lowest BCUT2D eigenvalue weighted by molar-refractivity contribution is -0.120. The molecular formula is C13H26N2O2. The number of rotatable bonds is 7. The van der Waals surface area contributed by atoms with Crippen LogP contribution in [0.4, 0.5) is 0 Å². The first kappa shape index (κ1) is 14.5. The molecule has 0 unspecified atom stereocenters. The first-order chi connectivity index (χ1) is 8.08. The number of nitrogens with one attached hydrogen (secondary N) is 2. The van der Waals surface area contributed by atoms with Gasteiger partial charge < -0.3 is 15.7 Å². The van der Waals surface area contributed by atoms with Crippen molar-refractivity contribution in [2.45, 2.75) is 51.5 Å². The van der Waals surface area contributed by atoms with Crippen molar-refractivity contribution in [1.82, 2.24) is 10.6 Å². The quantitative estimate of drug-likeness (QED) is 0.625. The fourth-order valence-corrected chi connectivity index (χ4v) is 2.27. The molecule has 3 N–H and O–H groups in total. The van der Waals surface area contributed by atoms with Gasteiger partial charge in [-0.2, -0.15) is 0 Å². The number of hydrogen-bond donors (Lipinski definition) is 3. The van der Waals surface area contributed by atoms with Crippen molar-refractivity contribution in [3.63, 3.8) is 0 Å². The molecule has 1 amide bonds. The van der Waals surface area contributed by atoms with Gasteiger partial charge in [0.25, 0.3) is 0 Å². The molecule has 0 aromatic heterocycles. The van der Waals surface area contributed by atoms with Crippen molar-refractivity contribution in [2.75, 3.05) is 19.7 Å². The standard InChI is InChI=1S/C13H26N2O2/c1-11(2)5-8-14-12(17)9-15-13(10-16)6-3-4-7-13/h11,15-16H,3-10H2,1-2H3,(H,14,17). The number of carbonyl (C=O) groups excluding carboxylic acids is 1. The van der Waals surface area contributed by atoms with E-state index in [1.807, 2.05) is 0 Å². The first-order valence-corrected chi connectivity index (χ1v) is 6.70. The van der Waals surface area contributed by atoms with Crippen LogP contribution < -0.4 is 10.6 Å². The molecule has 0 aromatic carbocycles. The Labute approximate surface area is 104 Å². The predicted molar refractivity (Wildman–Crippen MR) is 68.8 cm³/mol. The second-order valence-corrected chi connectivity index (χ2v) is 5.53. The number of aliphatic hydroxyl groups excluding tert-OH is 1. The SMILES string of the molecule is CC(C)CCNC(=O)CNC1(CO)CCCC1. The van der Waals surface area contributed by atoms with E-state index in [4.69, 9.17) is 0 Å². The molecule has 100 valence electrons. The van der Waals surface area contributed by atoms with Gasteiger partial charge in [0.15, 0.2) is 0 Å². The van der Waals surface area contributed by atoms with Gasteiger partial charge >= 0.3 is 0 Å². The second kappa shape index (κ2) is 6.97. The van der Waals surface area contributed by atoms with Gasteiger partial charge in [0, 0.05) is 12.1 Å². The van der Waals surface area contributed by atoms with Crippen LogP contribution in [0.5, 0.6) is 0 Å². The Morgan fingerprint density at radius 1 is 1.35 bits per heavy atom. The Morgan fingerprint density at radius 2 is 2.00 bits per heavy atom. The van der Waals surface area contributed by atoms with Gasteiger partial charge in [0.05, 0.1) is 13.2 Å². The number of amides is 1. The summed E-state index contributed by atoms with van der Waals surface area (Å²) in [5.74, 6) is 0.646. The maximum Gasteiger partial charge on any atom is 0.233 e. The van der Waals surface area contributed by atoms with Crippen LogP contribution in [0, 0.1) is 5.92 Å². The molecule has 4 heteroatoms. The van der Waals surface area contributed by atoms with Gasteiger partial charge in [-0.15, -0.1) is 0 Å². The van der Waals surface area contributed by atoms with E-state index in [9.17, 15) is 9.90 Å². The smallest absolute Gasteiger partial charge is 0.233 e. The lowest BCUT2D eigenvalue weighted by Crippen LogP contribution is -2.50. The van der Waals surface area contributed by atoms with E-state index in [2.05, 4.69) is 24.5 Å². The van der Waals surface area contributed by atoms with Gasteiger partial charge in [-0.25, -0.2) is 0 Å². The van der Waals surface area contributed by atoms with Gasteiger partial charge in [0.1, 0.15) is 0 Å². The zero-order valence-electron chi connectivity index (χ0n) is 11.1. The molecule has 0 spiro atoms. The van der Waals surface area contributed by atoms with E-state index >= 15 is 0 Å². The summed E-state index contributed by atoms with van der Waals surface area (Å²) in [5, 5.41) is 15.5. The molecule has 1 rings (SSSR count). The van der Waals surface area contributed by atoms with Crippen LogP contribution in [-0.2, 0) is 4.79 Å². The molecule has 0 radical (unpaired) electrons. The van der Waals surface area contributed by atoms with Crippen LogP contribution in [0.1, 0.15) is 46.0 Å². The molecule has 0 saturated heterocycles. The van der Waals surface area contributed by atoms with Crippen LogP contribution in [0.3, 0.4) is 0 Å². The predicted octanol–water partition coefficient (Wildman–Crippen LogP) is 1.04. The summed E-state index contributed by atoms with van der Waals surface area (Å²) in [4.78, 5) is 11.6. The molecule has 0 aliphatic heterocycles. The van der Waals surface area contributed by atoms with E-state index in [1.165, 1.54) is 0 Å². The Morgan fingerprint density at radius 3 is 2.53 bits per heavy atom. The molecule has 0 heterocycles. The molecule has 1 saturated carbocycles. The topological polar surface area (TPSA) is 61.4 Å². The number of aliphatic hydroxyl groups is 1. The molecule has 1 fully saturated rings. The lowest BCUT2D eigenvalue weighted by Gasteiger charge is -2.27. The van der Waals surface area contributed by atoms with Crippen molar-refractivity contribution in [3.8, 4) is 0 Å². The van der Waals surface area contributed by atoms with Gasteiger partial charge in [-0.3, -0.25) is 4.79 Å². The highest BCUT2D eigenvalue weighted by Gasteiger charge is 2.32. The summed E-state index contributed by atoms with van der Waals surface area (Å²) in [7, 11) is 0. The minimum atomic E-state index is -0.199. The Kier molecular flexibility index (Phi) is 5.92. The highest BCUT2D eigenvalue weighted by atomic mass is 16.3. The fourth-order valence-electron chi connectivity index (χ4n) is 2.27. The molecule has 0 atom stereocenters. The Balaban J connectivity index is 2.18. The number of carbonyl (C=O) groups is 1. The summed E-state index contributed by atoms with van der Waals surface area (Å²) in [6, 6.07) is 0.